The molecule has 1 aliphatic heterocycles. The molecule has 1 fully saturated rings. The Labute approximate surface area is 188 Å². The van der Waals surface area contributed by atoms with Crippen molar-refractivity contribution in [1.29, 1.82) is 0 Å². The highest BCUT2D eigenvalue weighted by Crippen LogP contribution is 2.21. The third-order valence-electron chi connectivity index (χ3n) is 5.47. The summed E-state index contributed by atoms with van der Waals surface area (Å²) in [5.74, 6) is -0.525. The van der Waals surface area contributed by atoms with Gasteiger partial charge in [-0.05, 0) is 43.7 Å². The van der Waals surface area contributed by atoms with Gasteiger partial charge in [0.1, 0.15) is 0 Å². The number of nitro benzene ring substituents is 1. The minimum absolute atomic E-state index is 0.0357. The van der Waals surface area contributed by atoms with Gasteiger partial charge in [0.2, 0.25) is 0 Å². The zero-order valence-corrected chi connectivity index (χ0v) is 19.1. The van der Waals surface area contributed by atoms with Crippen LogP contribution in [0.1, 0.15) is 22.3 Å². The lowest BCUT2D eigenvalue weighted by Crippen LogP contribution is -2.47. The van der Waals surface area contributed by atoms with Crippen LogP contribution < -0.4 is 10.2 Å². The average molecular weight is 461 g/mol. The second-order valence-electron chi connectivity index (χ2n) is 8.02. The number of benzene rings is 2. The first-order chi connectivity index (χ1) is 15.1. The minimum Gasteiger partial charge on any atom is -0.369 e. The van der Waals surface area contributed by atoms with E-state index in [9.17, 15) is 23.3 Å². The summed E-state index contributed by atoms with van der Waals surface area (Å²) < 4.78 is 23.6. The van der Waals surface area contributed by atoms with Crippen molar-refractivity contribution >= 4 is 27.1 Å². The minimum atomic E-state index is -3.68. The Balaban J connectivity index is 1.48. The van der Waals surface area contributed by atoms with Gasteiger partial charge in [0.25, 0.3) is 11.6 Å². The Morgan fingerprint density at radius 1 is 1.12 bits per heavy atom. The first-order valence-corrected chi connectivity index (χ1v) is 12.3. The van der Waals surface area contributed by atoms with Gasteiger partial charge in [-0.3, -0.25) is 19.8 Å². The Morgan fingerprint density at radius 2 is 1.84 bits per heavy atom. The zero-order chi connectivity index (χ0) is 23.3. The first kappa shape index (κ1) is 23.7. The molecule has 1 N–H and O–H groups in total. The van der Waals surface area contributed by atoms with E-state index in [-0.39, 0.29) is 10.5 Å². The third kappa shape index (κ3) is 6.27. The van der Waals surface area contributed by atoms with Gasteiger partial charge in [-0.2, -0.15) is 0 Å². The summed E-state index contributed by atoms with van der Waals surface area (Å²) in [5.41, 5.74) is 2.02. The van der Waals surface area contributed by atoms with Crippen molar-refractivity contribution in [3.8, 4) is 0 Å². The van der Waals surface area contributed by atoms with Gasteiger partial charge in [0, 0.05) is 62.4 Å². The highest BCUT2D eigenvalue weighted by molar-refractivity contribution is 7.90. The van der Waals surface area contributed by atoms with Crippen LogP contribution >= 0.6 is 0 Å². The van der Waals surface area contributed by atoms with Crippen LogP contribution in [-0.4, -0.2) is 69.7 Å². The molecule has 0 saturated carbocycles. The number of hydrogen-bond acceptors (Lipinski definition) is 7. The van der Waals surface area contributed by atoms with Gasteiger partial charge in [-0.25, -0.2) is 8.42 Å². The van der Waals surface area contributed by atoms with Gasteiger partial charge >= 0.3 is 0 Å². The quantitative estimate of drug-likeness (QED) is 0.365. The zero-order valence-electron chi connectivity index (χ0n) is 18.3. The molecular weight excluding hydrogens is 432 g/mol. The second-order valence-corrected chi connectivity index (χ2v) is 10.0. The number of carbonyl (C=O) groups excluding carboxylic acids is 1. The maximum Gasteiger partial charge on any atom is 0.271 e. The molecule has 2 aromatic rings. The Morgan fingerprint density at radius 3 is 2.47 bits per heavy atom. The van der Waals surface area contributed by atoms with Crippen molar-refractivity contribution in [2.75, 3.05) is 50.4 Å². The van der Waals surface area contributed by atoms with E-state index >= 15 is 0 Å². The summed E-state index contributed by atoms with van der Waals surface area (Å²) >= 11 is 0. The molecule has 0 bridgehead atoms. The van der Waals surface area contributed by atoms with Gasteiger partial charge in [-0.1, -0.05) is 12.1 Å². The van der Waals surface area contributed by atoms with Crippen LogP contribution in [0.15, 0.2) is 47.4 Å². The van der Waals surface area contributed by atoms with E-state index in [4.69, 9.17) is 0 Å². The van der Waals surface area contributed by atoms with E-state index in [0.717, 1.165) is 57.5 Å². The number of amides is 1. The number of anilines is 1. The molecule has 1 heterocycles. The molecule has 1 amide bonds. The van der Waals surface area contributed by atoms with Gasteiger partial charge < -0.3 is 10.2 Å². The monoisotopic (exact) mass is 460 g/mol. The maximum absolute atomic E-state index is 12.4. The molecule has 3 rings (SSSR count). The van der Waals surface area contributed by atoms with Crippen LogP contribution in [0, 0.1) is 17.0 Å². The number of nitrogens with zero attached hydrogens (tertiary/aromatic N) is 3. The standard InChI is InChI=1S/C22H28N4O5S/c1-17-5-3-6-19(13-17)25-11-9-24(10-12-25)8-4-7-23-22(27)18-14-20(26(28)29)16-21(15-18)32(2,30)31/h3,5-6,13-16H,4,7-12H2,1-2H3,(H,23,27). The van der Waals surface area contributed by atoms with E-state index < -0.39 is 26.4 Å². The number of sulfone groups is 1. The molecular formula is C22H28N4O5S. The van der Waals surface area contributed by atoms with Crippen LogP contribution in [0.4, 0.5) is 11.4 Å². The molecule has 9 nitrogen and oxygen atoms in total. The molecule has 0 aliphatic carbocycles. The maximum atomic E-state index is 12.4. The highest BCUT2D eigenvalue weighted by Gasteiger charge is 2.20. The Bertz CT molecular complexity index is 1100. The molecule has 0 spiro atoms. The Kier molecular flexibility index (Phi) is 7.47. The molecule has 10 heteroatoms. The summed E-state index contributed by atoms with van der Waals surface area (Å²) in [7, 11) is -3.68. The molecule has 0 aromatic heterocycles. The molecule has 1 aliphatic rings. The molecule has 0 radical (unpaired) electrons. The van der Waals surface area contributed by atoms with E-state index in [0.29, 0.717) is 6.54 Å². The number of nitro groups is 1. The number of rotatable bonds is 8. The van der Waals surface area contributed by atoms with Gasteiger partial charge in [-0.15, -0.1) is 0 Å². The average Bonchev–Trinajstić information content (AvgIpc) is 2.76. The Hall–Kier alpha value is -2.98. The summed E-state index contributed by atoms with van der Waals surface area (Å²) in [4.78, 5) is 27.3. The van der Waals surface area contributed by atoms with E-state index in [2.05, 4.69) is 46.3 Å². The highest BCUT2D eigenvalue weighted by atomic mass is 32.2. The molecule has 2 aromatic carbocycles. The van der Waals surface area contributed by atoms with Crippen molar-refractivity contribution in [1.82, 2.24) is 10.2 Å². The van der Waals surface area contributed by atoms with Crippen LogP contribution in [0.5, 0.6) is 0 Å². The van der Waals surface area contributed by atoms with Crippen molar-refractivity contribution in [2.45, 2.75) is 18.2 Å². The van der Waals surface area contributed by atoms with Crippen LogP contribution in [0.25, 0.3) is 0 Å². The van der Waals surface area contributed by atoms with Crippen LogP contribution in [-0.2, 0) is 9.84 Å². The fourth-order valence-electron chi connectivity index (χ4n) is 3.69. The molecule has 0 unspecified atom stereocenters. The molecule has 172 valence electrons. The van der Waals surface area contributed by atoms with E-state index in [1.165, 1.54) is 17.3 Å². The van der Waals surface area contributed by atoms with E-state index in [1.54, 1.807) is 0 Å². The summed E-state index contributed by atoms with van der Waals surface area (Å²) in [6.07, 6.45) is 1.68. The van der Waals surface area contributed by atoms with Crippen LogP contribution in [0.3, 0.4) is 0 Å². The molecule has 1 saturated heterocycles. The van der Waals surface area contributed by atoms with Crippen molar-refractivity contribution in [3.05, 3.63) is 63.7 Å². The van der Waals surface area contributed by atoms with Crippen LogP contribution in [0.2, 0.25) is 0 Å². The fourth-order valence-corrected chi connectivity index (χ4v) is 4.37. The number of piperazine rings is 1. The van der Waals surface area contributed by atoms with Crippen molar-refractivity contribution < 1.29 is 18.1 Å². The molecule has 32 heavy (non-hydrogen) atoms. The number of non-ortho nitro benzene ring substituents is 1. The lowest BCUT2D eigenvalue weighted by molar-refractivity contribution is -0.385. The predicted molar refractivity (Wildman–Crippen MR) is 123 cm³/mol. The third-order valence-corrected chi connectivity index (χ3v) is 6.56. The first-order valence-electron chi connectivity index (χ1n) is 10.5. The number of hydrogen-bond donors (Lipinski definition) is 1. The topological polar surface area (TPSA) is 113 Å². The van der Waals surface area contributed by atoms with Crippen molar-refractivity contribution in [2.24, 2.45) is 0 Å². The van der Waals surface area contributed by atoms with Crippen molar-refractivity contribution in [3.63, 3.8) is 0 Å². The number of nitrogens with one attached hydrogen (secondary N) is 1. The number of carbonyl (C=O) groups is 1. The lowest BCUT2D eigenvalue weighted by Gasteiger charge is -2.36. The fraction of sp³-hybridized carbons (Fsp3) is 0.409. The molecule has 0 atom stereocenters. The SMILES string of the molecule is Cc1cccc(N2CCN(CCCNC(=O)c3cc([N+](=O)[O-])cc(S(C)(=O)=O)c3)CC2)c1. The smallest absolute Gasteiger partial charge is 0.271 e. The largest absolute Gasteiger partial charge is 0.369 e. The normalized spacial score (nSPS) is 14.9. The van der Waals surface area contributed by atoms with Gasteiger partial charge in [0.15, 0.2) is 9.84 Å². The summed E-state index contributed by atoms with van der Waals surface area (Å²) in [5, 5.41) is 13.8. The van der Waals surface area contributed by atoms with Gasteiger partial charge in [0.05, 0.1) is 9.82 Å². The summed E-state index contributed by atoms with van der Waals surface area (Å²) in [6.45, 7) is 7.06. The second kappa shape index (κ2) is 10.1. The van der Waals surface area contributed by atoms with E-state index in [1.807, 2.05) is 0 Å². The lowest BCUT2D eigenvalue weighted by atomic mass is 10.2. The predicted octanol–water partition coefficient (Wildman–Crippen LogP) is 2.25. The number of aryl methyl sites for hydroxylation is 1. The summed E-state index contributed by atoms with van der Waals surface area (Å²) in [6, 6.07) is 11.7.